The molecule has 0 unspecified atom stereocenters. The van der Waals surface area contributed by atoms with Crippen LogP contribution in [0.2, 0.25) is 0 Å². The number of hydrogen-bond acceptors (Lipinski definition) is 4. The van der Waals surface area contributed by atoms with Crippen LogP contribution in [0.15, 0.2) is 41.3 Å². The van der Waals surface area contributed by atoms with Crippen LogP contribution in [0.1, 0.15) is 49.3 Å². The van der Waals surface area contributed by atoms with Crippen LogP contribution in [0.3, 0.4) is 0 Å². The number of fused-ring (bicyclic) bond motifs is 1. The molecule has 6 heteroatoms. The average molecular weight is 419 g/mol. The topological polar surface area (TPSA) is 56.7 Å². The second-order valence-electron chi connectivity index (χ2n) is 8.86. The highest BCUT2D eigenvalue weighted by molar-refractivity contribution is 5.94. The molecule has 31 heavy (non-hydrogen) atoms. The third-order valence-corrected chi connectivity index (χ3v) is 6.46. The zero-order chi connectivity index (χ0) is 21.6. The Morgan fingerprint density at radius 3 is 2.48 bits per heavy atom. The van der Waals surface area contributed by atoms with E-state index in [9.17, 15) is 0 Å². The third-order valence-electron chi connectivity index (χ3n) is 6.46. The van der Waals surface area contributed by atoms with Gasteiger partial charge in [-0.2, -0.15) is 0 Å². The first kappa shape index (κ1) is 19.9. The summed E-state index contributed by atoms with van der Waals surface area (Å²) in [7, 11) is 0. The standard InChI is InChI=1S/C25H27FN4O/c1-16-7-8-19(12-27-16)21-14-30(15-25(26)9-5-4-6-10-25)22-11-20(13-28-24(21)22)23-17(2)29-31-18(23)3/h7-8,11-14H,4-6,9-10,15H2,1-3H3. The predicted molar refractivity (Wildman–Crippen MR) is 120 cm³/mol. The monoisotopic (exact) mass is 418 g/mol. The summed E-state index contributed by atoms with van der Waals surface area (Å²) in [6.45, 7) is 6.14. The van der Waals surface area contributed by atoms with E-state index in [2.05, 4.69) is 22.3 Å². The van der Waals surface area contributed by atoms with E-state index in [1.54, 1.807) is 0 Å². The molecule has 4 aromatic heterocycles. The Morgan fingerprint density at radius 1 is 1.03 bits per heavy atom. The lowest BCUT2D eigenvalue weighted by molar-refractivity contribution is 0.0873. The van der Waals surface area contributed by atoms with Crippen LogP contribution in [-0.2, 0) is 6.54 Å². The summed E-state index contributed by atoms with van der Waals surface area (Å²) in [6.07, 6.45) is 10.0. The van der Waals surface area contributed by atoms with Crippen LogP contribution in [0.5, 0.6) is 0 Å². The summed E-state index contributed by atoms with van der Waals surface area (Å²) in [5.41, 5.74) is 6.26. The van der Waals surface area contributed by atoms with Crippen molar-refractivity contribution in [1.29, 1.82) is 0 Å². The van der Waals surface area contributed by atoms with Gasteiger partial charge >= 0.3 is 0 Å². The number of halogens is 1. The Morgan fingerprint density at radius 2 is 1.81 bits per heavy atom. The van der Waals surface area contributed by atoms with E-state index in [0.717, 1.165) is 69.7 Å². The van der Waals surface area contributed by atoms with E-state index in [1.807, 2.05) is 50.0 Å². The van der Waals surface area contributed by atoms with Gasteiger partial charge in [-0.05, 0) is 45.7 Å². The van der Waals surface area contributed by atoms with Gasteiger partial charge in [-0.25, -0.2) is 4.39 Å². The van der Waals surface area contributed by atoms with E-state index in [0.29, 0.717) is 19.4 Å². The van der Waals surface area contributed by atoms with Crippen molar-refractivity contribution in [3.05, 3.63) is 53.9 Å². The summed E-state index contributed by atoms with van der Waals surface area (Å²) >= 11 is 0. The van der Waals surface area contributed by atoms with Gasteiger partial charge < -0.3 is 9.09 Å². The fourth-order valence-electron chi connectivity index (χ4n) is 4.82. The molecule has 0 amide bonds. The Kier molecular flexibility index (Phi) is 4.88. The lowest BCUT2D eigenvalue weighted by Gasteiger charge is -2.30. The fraction of sp³-hybridized carbons (Fsp3) is 0.400. The molecule has 0 aliphatic heterocycles. The number of nitrogens with zero attached hydrogens (tertiary/aromatic N) is 4. The van der Waals surface area contributed by atoms with Gasteiger partial charge in [-0.3, -0.25) is 9.97 Å². The van der Waals surface area contributed by atoms with Crippen LogP contribution in [0, 0.1) is 20.8 Å². The molecule has 0 bridgehead atoms. The van der Waals surface area contributed by atoms with Crippen molar-refractivity contribution in [2.24, 2.45) is 0 Å². The Bertz CT molecular complexity index is 1210. The van der Waals surface area contributed by atoms with Gasteiger partial charge in [0.25, 0.3) is 0 Å². The Labute approximate surface area is 181 Å². The normalized spacial score (nSPS) is 16.1. The molecule has 0 N–H and O–H groups in total. The summed E-state index contributed by atoms with van der Waals surface area (Å²) in [5.74, 6) is 0.758. The van der Waals surface area contributed by atoms with Crippen molar-refractivity contribution in [3.63, 3.8) is 0 Å². The molecule has 1 saturated carbocycles. The van der Waals surface area contributed by atoms with Crippen molar-refractivity contribution in [1.82, 2.24) is 19.7 Å². The lowest BCUT2D eigenvalue weighted by atomic mass is 9.86. The van der Waals surface area contributed by atoms with Crippen LogP contribution >= 0.6 is 0 Å². The highest BCUT2D eigenvalue weighted by atomic mass is 19.1. The molecule has 160 valence electrons. The van der Waals surface area contributed by atoms with Gasteiger partial charge in [0.1, 0.15) is 11.4 Å². The van der Waals surface area contributed by atoms with Crippen molar-refractivity contribution in [3.8, 4) is 22.3 Å². The number of alkyl halides is 1. The summed E-state index contributed by atoms with van der Waals surface area (Å²) in [6, 6.07) is 6.14. The summed E-state index contributed by atoms with van der Waals surface area (Å²) < 4.78 is 23.1. The molecular weight excluding hydrogens is 391 g/mol. The van der Waals surface area contributed by atoms with E-state index in [1.165, 1.54) is 0 Å². The van der Waals surface area contributed by atoms with Crippen molar-refractivity contribution >= 4 is 11.0 Å². The van der Waals surface area contributed by atoms with Gasteiger partial charge in [0, 0.05) is 46.5 Å². The highest BCUT2D eigenvalue weighted by Crippen LogP contribution is 2.38. The van der Waals surface area contributed by atoms with Crippen LogP contribution < -0.4 is 0 Å². The highest BCUT2D eigenvalue weighted by Gasteiger charge is 2.33. The molecule has 0 saturated heterocycles. The maximum Gasteiger partial charge on any atom is 0.141 e. The van der Waals surface area contributed by atoms with E-state index >= 15 is 4.39 Å². The molecule has 1 fully saturated rings. The molecule has 0 atom stereocenters. The van der Waals surface area contributed by atoms with Gasteiger partial charge in [-0.15, -0.1) is 0 Å². The molecule has 5 nitrogen and oxygen atoms in total. The molecule has 0 spiro atoms. The second kappa shape index (κ2) is 7.59. The zero-order valence-corrected chi connectivity index (χ0v) is 18.3. The van der Waals surface area contributed by atoms with Gasteiger partial charge in [0.2, 0.25) is 0 Å². The van der Waals surface area contributed by atoms with E-state index < -0.39 is 5.67 Å². The van der Waals surface area contributed by atoms with Gasteiger partial charge in [0.15, 0.2) is 0 Å². The Balaban J connectivity index is 1.67. The van der Waals surface area contributed by atoms with Crippen LogP contribution in [0.25, 0.3) is 33.3 Å². The minimum absolute atomic E-state index is 0.343. The van der Waals surface area contributed by atoms with Crippen molar-refractivity contribution in [2.45, 2.75) is 65.1 Å². The summed E-state index contributed by atoms with van der Waals surface area (Å²) in [4.78, 5) is 9.26. The maximum absolute atomic E-state index is 15.7. The molecule has 1 aliphatic carbocycles. The first-order chi connectivity index (χ1) is 14.9. The first-order valence-electron chi connectivity index (χ1n) is 11.0. The SMILES string of the molecule is Cc1ccc(-c2cn(CC3(F)CCCCC3)c3cc(-c4c(C)noc4C)cnc23)cn1. The van der Waals surface area contributed by atoms with E-state index in [4.69, 9.17) is 9.51 Å². The Hall–Kier alpha value is -3.02. The van der Waals surface area contributed by atoms with Crippen molar-refractivity contribution < 1.29 is 8.91 Å². The van der Waals surface area contributed by atoms with Crippen molar-refractivity contribution in [2.75, 3.05) is 0 Å². The number of rotatable bonds is 4. The molecule has 1 aliphatic rings. The fourth-order valence-corrected chi connectivity index (χ4v) is 4.82. The first-order valence-corrected chi connectivity index (χ1v) is 11.0. The van der Waals surface area contributed by atoms with Gasteiger partial charge in [0.05, 0.1) is 23.3 Å². The number of pyridine rings is 2. The number of aromatic nitrogens is 4. The molecule has 0 radical (unpaired) electrons. The van der Waals surface area contributed by atoms with Crippen LogP contribution in [-0.4, -0.2) is 25.4 Å². The zero-order valence-electron chi connectivity index (χ0n) is 18.3. The number of aryl methyl sites for hydroxylation is 3. The summed E-state index contributed by atoms with van der Waals surface area (Å²) in [5, 5.41) is 4.08. The molecule has 4 heterocycles. The maximum atomic E-state index is 15.7. The minimum Gasteiger partial charge on any atom is -0.361 e. The molecule has 5 rings (SSSR count). The van der Waals surface area contributed by atoms with E-state index in [-0.39, 0.29) is 0 Å². The largest absolute Gasteiger partial charge is 0.361 e. The van der Waals surface area contributed by atoms with Crippen LogP contribution in [0.4, 0.5) is 4.39 Å². The predicted octanol–water partition coefficient (Wildman–Crippen LogP) is 6.35. The average Bonchev–Trinajstić information content (AvgIpc) is 3.28. The minimum atomic E-state index is -1.17. The lowest BCUT2D eigenvalue weighted by Crippen LogP contribution is -2.31. The van der Waals surface area contributed by atoms with Gasteiger partial charge in [-0.1, -0.05) is 30.5 Å². The quantitative estimate of drug-likeness (QED) is 0.387. The third kappa shape index (κ3) is 3.64. The smallest absolute Gasteiger partial charge is 0.141 e. The number of hydrogen-bond donors (Lipinski definition) is 0. The second-order valence-corrected chi connectivity index (χ2v) is 8.86. The molecule has 4 aromatic rings. The molecule has 0 aromatic carbocycles. The molecular formula is C25H27FN4O.